The molecule has 0 N–H and O–H groups in total. The molecule has 18 rings (SSSR count). The number of benzene rings is 12. The van der Waals surface area contributed by atoms with Crippen LogP contribution in [0.2, 0.25) is 0 Å². The Morgan fingerprint density at radius 3 is 0.848 bits per heavy atom. The van der Waals surface area contributed by atoms with Crippen LogP contribution in [0.1, 0.15) is 43.2 Å². The fourth-order valence-electron chi connectivity index (χ4n) is 15.5. The number of aromatic nitrogens is 8. The maximum Gasteiger partial charge on any atom is 0.165 e. The quantitative estimate of drug-likeness (QED) is 0.0732. The summed E-state index contributed by atoms with van der Waals surface area (Å²) in [6.45, 7) is 0. The molecule has 0 radical (unpaired) electrons. The molecular weight excluding hydrogens is 1370 g/mol. The van der Waals surface area contributed by atoms with E-state index < -0.39 is 0 Å². The Hall–Kier alpha value is -14.2. The third-order valence-electron chi connectivity index (χ3n) is 21.2. The van der Waals surface area contributed by atoms with Gasteiger partial charge in [-0.05, 0) is 172 Å². The summed E-state index contributed by atoms with van der Waals surface area (Å²) in [4.78, 5) is 52.4. The van der Waals surface area contributed by atoms with Crippen LogP contribution in [0.5, 0.6) is 0 Å². The van der Waals surface area contributed by atoms with Gasteiger partial charge >= 0.3 is 0 Å². The van der Waals surface area contributed by atoms with Crippen LogP contribution in [0.4, 0.5) is 11.4 Å². The smallest absolute Gasteiger partial charge is 0.165 e. The molecule has 534 valence electrons. The second-order valence-corrected chi connectivity index (χ2v) is 28.6. The minimum atomic E-state index is 0.103. The molecule has 16 aromatic rings. The van der Waals surface area contributed by atoms with E-state index >= 15 is 0 Å². The van der Waals surface area contributed by atoms with Gasteiger partial charge in [0.15, 0.2) is 34.9 Å². The molecule has 2 aliphatic rings. The molecule has 10 heteroatoms. The summed E-state index contributed by atoms with van der Waals surface area (Å²) in [5.41, 5.74) is 25.1. The van der Waals surface area contributed by atoms with Crippen molar-refractivity contribution in [1.29, 1.82) is 0 Å². The second-order valence-electron chi connectivity index (χ2n) is 28.6. The number of hydrogen-bond acceptors (Lipinski definition) is 10. The first-order chi connectivity index (χ1) is 55.4. The van der Waals surface area contributed by atoms with Gasteiger partial charge in [-0.1, -0.05) is 297 Å². The highest BCUT2D eigenvalue weighted by molar-refractivity contribution is 6.07. The Labute approximate surface area is 653 Å². The average Bonchev–Trinajstić information content (AvgIpc) is 0.829. The van der Waals surface area contributed by atoms with Gasteiger partial charge < -0.3 is 0 Å². The van der Waals surface area contributed by atoms with Crippen LogP contribution in [0, 0.1) is 17.8 Å². The molecule has 2 aliphatic carbocycles. The van der Waals surface area contributed by atoms with Gasteiger partial charge in [-0.2, -0.15) is 0 Å². The summed E-state index contributed by atoms with van der Waals surface area (Å²) in [5, 5.41) is 0. The van der Waals surface area contributed by atoms with Crippen molar-refractivity contribution in [1.82, 2.24) is 39.9 Å². The highest BCUT2D eigenvalue weighted by Gasteiger charge is 2.37. The van der Waals surface area contributed by atoms with Crippen molar-refractivity contribution in [3.63, 3.8) is 0 Å². The van der Waals surface area contributed by atoms with E-state index in [-0.39, 0.29) is 17.8 Å². The summed E-state index contributed by atoms with van der Waals surface area (Å²) < 4.78 is 0. The molecular formula is C102H76N10. The largest absolute Gasteiger partial charge is 0.255 e. The van der Waals surface area contributed by atoms with Gasteiger partial charge in [0, 0.05) is 68.7 Å². The minimum Gasteiger partial charge on any atom is -0.255 e. The van der Waals surface area contributed by atoms with E-state index in [4.69, 9.17) is 49.9 Å². The van der Waals surface area contributed by atoms with Crippen LogP contribution in [0.15, 0.2) is 398 Å². The molecule has 12 aromatic carbocycles. The number of rotatable bonds is 19. The molecule has 4 aromatic heterocycles. The number of aliphatic imine (C=N–C) groups is 2. The van der Waals surface area contributed by atoms with Crippen LogP contribution < -0.4 is 0 Å². The van der Waals surface area contributed by atoms with Gasteiger partial charge in [0.1, 0.15) is 0 Å². The molecule has 4 heterocycles. The van der Waals surface area contributed by atoms with Crippen molar-refractivity contribution < 1.29 is 0 Å². The summed E-state index contributed by atoms with van der Waals surface area (Å²) in [7, 11) is 0. The Morgan fingerprint density at radius 2 is 0.545 bits per heavy atom. The maximum atomic E-state index is 5.68. The van der Waals surface area contributed by atoms with Crippen molar-refractivity contribution in [2.24, 2.45) is 27.7 Å². The molecule has 0 aliphatic heterocycles. The summed E-state index contributed by atoms with van der Waals surface area (Å²) in [6.07, 6.45) is 15.8. The van der Waals surface area contributed by atoms with Gasteiger partial charge in [-0.3, -0.25) is 20.0 Å². The van der Waals surface area contributed by atoms with Crippen molar-refractivity contribution in [2.75, 3.05) is 0 Å². The lowest BCUT2D eigenvalue weighted by atomic mass is 9.67. The topological polar surface area (TPSA) is 128 Å². The lowest BCUT2D eigenvalue weighted by Crippen LogP contribution is -2.33. The Morgan fingerprint density at radius 1 is 0.250 bits per heavy atom. The van der Waals surface area contributed by atoms with Crippen LogP contribution in [-0.2, 0) is 0 Å². The Balaban J connectivity index is 0.632. The molecule has 0 spiro atoms. The highest BCUT2D eigenvalue weighted by Crippen LogP contribution is 2.44. The standard InChI is InChI=1S/C102H76N10/c1-8-26-69(27-9-1)78-40-22-44-82(60-78)97-107-98(83-45-23-41-79(61-83)70-28-10-2-11-29-70)110-101(109-97)86-52-58-93(103-67-86)74-48-54-91(55-49-74)105-95(76-36-18-6-19-37-76)89-64-88(73-34-16-5-17-35-73)65-90(66-89)96(77-38-20-7-21-39-77)106-92-56-50-75(51-57-92)94-59-53-87(68-104-94)102-111-99(84-46-24-42-80(62-84)71-30-12-3-13-31-71)108-100(112-102)85-47-25-43-81(63-85)72-32-14-4-15-33-72/h1-4,6-16,18-63,67-68,88-90H,5,17,64-66H2/b105-95-,106-96-. The van der Waals surface area contributed by atoms with Crippen molar-refractivity contribution in [2.45, 2.75) is 32.1 Å². The number of hydrogen-bond donors (Lipinski definition) is 0. The van der Waals surface area contributed by atoms with Gasteiger partial charge in [0.25, 0.3) is 0 Å². The van der Waals surface area contributed by atoms with Gasteiger partial charge in [0.05, 0.1) is 34.2 Å². The van der Waals surface area contributed by atoms with E-state index in [1.165, 1.54) is 5.57 Å². The fourth-order valence-corrected chi connectivity index (χ4v) is 15.5. The van der Waals surface area contributed by atoms with E-state index in [0.717, 1.165) is 166 Å². The first-order valence-electron chi connectivity index (χ1n) is 38.4. The van der Waals surface area contributed by atoms with E-state index in [1.54, 1.807) is 0 Å². The van der Waals surface area contributed by atoms with Crippen molar-refractivity contribution >= 4 is 22.8 Å². The molecule has 1 saturated carbocycles. The summed E-state index contributed by atoms with van der Waals surface area (Å²) in [5.74, 6) is 3.89. The Bertz CT molecular complexity index is 5550. The fraction of sp³-hybridized carbons (Fsp3) is 0.0784. The zero-order valence-electron chi connectivity index (χ0n) is 61.6. The zero-order chi connectivity index (χ0) is 74.8. The molecule has 112 heavy (non-hydrogen) atoms. The van der Waals surface area contributed by atoms with Gasteiger partial charge in [-0.25, -0.2) is 29.9 Å². The third-order valence-corrected chi connectivity index (χ3v) is 21.2. The van der Waals surface area contributed by atoms with Gasteiger partial charge in [-0.15, -0.1) is 0 Å². The van der Waals surface area contributed by atoms with Crippen molar-refractivity contribution in [3.8, 4) is 135 Å². The van der Waals surface area contributed by atoms with E-state index in [1.807, 2.05) is 36.7 Å². The first-order valence-corrected chi connectivity index (χ1v) is 38.4. The van der Waals surface area contributed by atoms with E-state index in [2.05, 4.69) is 346 Å². The predicted molar refractivity (Wildman–Crippen MR) is 457 cm³/mol. The number of pyridine rings is 2. The maximum absolute atomic E-state index is 5.68. The molecule has 2 atom stereocenters. The van der Waals surface area contributed by atoms with Crippen molar-refractivity contribution in [3.05, 3.63) is 399 Å². The summed E-state index contributed by atoms with van der Waals surface area (Å²) in [6, 6.07) is 122. The van der Waals surface area contributed by atoms with Crippen LogP contribution in [0.25, 0.3) is 135 Å². The van der Waals surface area contributed by atoms with Crippen LogP contribution in [-0.4, -0.2) is 51.3 Å². The second kappa shape index (κ2) is 32.3. The molecule has 2 unspecified atom stereocenters. The number of nitrogens with zero attached hydrogens (tertiary/aromatic N) is 10. The normalized spacial score (nSPS) is 15.0. The predicted octanol–water partition coefficient (Wildman–Crippen LogP) is 25.1. The SMILES string of the molecule is C1=CC(C2CC(/C(=N\c3ccc(-c4ccc(-c5nc(-c6cccc(-c7ccccc7)c6)nc(-c6cccc(-c7ccccc7)c6)n5)cn4)cc3)c3ccccc3)CC(/C(=N\c3ccc(-c4ccc(-c5nc(-c6cccc(-c7ccccc7)c6)nc(-c6cccc(-c7ccccc7)c6)n5)cn4)cc3)c3ccccc3)C2)=CCC1. The minimum absolute atomic E-state index is 0.103. The molecule has 0 amide bonds. The van der Waals surface area contributed by atoms with Crippen LogP contribution >= 0.6 is 0 Å². The Kier molecular flexibility index (Phi) is 20.1. The molecule has 10 nitrogen and oxygen atoms in total. The number of allylic oxidation sites excluding steroid dienone is 4. The van der Waals surface area contributed by atoms with Crippen LogP contribution in [0.3, 0.4) is 0 Å². The van der Waals surface area contributed by atoms with E-state index in [0.29, 0.717) is 34.9 Å². The zero-order valence-corrected chi connectivity index (χ0v) is 61.6. The lowest BCUT2D eigenvalue weighted by Gasteiger charge is -2.37. The van der Waals surface area contributed by atoms with E-state index in [9.17, 15) is 0 Å². The first kappa shape index (κ1) is 69.5. The highest BCUT2D eigenvalue weighted by atomic mass is 15.0. The summed E-state index contributed by atoms with van der Waals surface area (Å²) >= 11 is 0. The monoisotopic (exact) mass is 1440 g/mol. The third kappa shape index (κ3) is 15.7. The molecule has 0 bridgehead atoms. The average molecular weight is 1440 g/mol. The lowest BCUT2D eigenvalue weighted by molar-refractivity contribution is 0.315. The van der Waals surface area contributed by atoms with Gasteiger partial charge in [0.2, 0.25) is 0 Å². The molecule has 0 saturated heterocycles. The molecule has 1 fully saturated rings.